The minimum absolute atomic E-state index is 0.0757. The minimum Gasteiger partial charge on any atom is -0.359 e. The average Bonchev–Trinajstić information content (AvgIpc) is 2.38. The number of benzene rings is 1. The lowest BCUT2D eigenvalue weighted by atomic mass is 10.2. The summed E-state index contributed by atoms with van der Waals surface area (Å²) in [7, 11) is 1.55. The summed E-state index contributed by atoms with van der Waals surface area (Å²) in [6.45, 7) is 0. The molecule has 6 nitrogen and oxygen atoms in total. The normalized spacial score (nSPS) is 9.83. The molecular weight excluding hydrogens is 230 g/mol. The summed E-state index contributed by atoms with van der Waals surface area (Å²) in [6.07, 6.45) is 0. The fourth-order valence-electron chi connectivity index (χ4n) is 1.46. The van der Waals surface area contributed by atoms with Crippen molar-refractivity contribution in [3.8, 4) is 0 Å². The van der Waals surface area contributed by atoms with Crippen LogP contribution in [0.1, 0.15) is 0 Å². The molecule has 6 heteroatoms. The van der Waals surface area contributed by atoms with Crippen LogP contribution in [0, 0.1) is 5.41 Å². The molecule has 0 aliphatic heterocycles. The van der Waals surface area contributed by atoms with Crippen LogP contribution in [0.5, 0.6) is 0 Å². The molecule has 2 rings (SSSR count). The predicted molar refractivity (Wildman–Crippen MR) is 70.7 cm³/mol. The summed E-state index contributed by atoms with van der Waals surface area (Å²) < 4.78 is 0. The molecule has 0 saturated heterocycles. The highest BCUT2D eigenvalue weighted by Crippen LogP contribution is 2.14. The van der Waals surface area contributed by atoms with E-state index in [0.717, 1.165) is 10.9 Å². The van der Waals surface area contributed by atoms with E-state index in [-0.39, 0.29) is 5.96 Å². The summed E-state index contributed by atoms with van der Waals surface area (Å²) in [6, 6.07) is 10.7. The molecule has 0 radical (unpaired) electrons. The van der Waals surface area contributed by atoms with E-state index < -0.39 is 6.03 Å². The van der Waals surface area contributed by atoms with Gasteiger partial charge < -0.3 is 5.32 Å². The van der Waals surface area contributed by atoms with Gasteiger partial charge in [-0.15, -0.1) is 0 Å². The molecule has 0 bridgehead atoms. The maximum absolute atomic E-state index is 11.5. The Hall–Kier alpha value is -2.63. The van der Waals surface area contributed by atoms with E-state index in [4.69, 9.17) is 5.41 Å². The average molecular weight is 243 g/mol. The predicted octanol–water partition coefficient (Wildman–Crippen LogP) is 1.51. The quantitative estimate of drug-likeness (QED) is 0.452. The Morgan fingerprint density at radius 2 is 2.00 bits per heavy atom. The van der Waals surface area contributed by atoms with E-state index in [1.807, 2.05) is 30.3 Å². The number of hydrogen-bond acceptors (Lipinski definition) is 3. The lowest BCUT2D eigenvalue weighted by molar-refractivity contribution is 0.256. The molecule has 0 unspecified atom stereocenters. The zero-order valence-electron chi connectivity index (χ0n) is 9.82. The Morgan fingerprint density at radius 1 is 1.22 bits per heavy atom. The second-order valence-corrected chi connectivity index (χ2v) is 3.59. The second-order valence-electron chi connectivity index (χ2n) is 3.59. The topological polar surface area (TPSA) is 89.9 Å². The smallest absolute Gasteiger partial charge is 0.327 e. The molecule has 0 saturated carbocycles. The van der Waals surface area contributed by atoms with Gasteiger partial charge in [-0.3, -0.25) is 16.0 Å². The Bertz CT molecular complexity index is 596. The first-order chi connectivity index (χ1) is 8.69. The van der Waals surface area contributed by atoms with Crippen LogP contribution in [0.2, 0.25) is 0 Å². The fourth-order valence-corrected chi connectivity index (χ4v) is 1.46. The number of nitrogens with one attached hydrogen (secondary N) is 4. The SMILES string of the molecule is CNC(=N)NC(=O)Nc1ccc2ccccc2n1. The van der Waals surface area contributed by atoms with Gasteiger partial charge >= 0.3 is 6.03 Å². The van der Waals surface area contributed by atoms with Crippen molar-refractivity contribution in [2.45, 2.75) is 0 Å². The highest BCUT2D eigenvalue weighted by Gasteiger charge is 2.04. The Kier molecular flexibility index (Phi) is 3.38. The number of amides is 2. The van der Waals surface area contributed by atoms with Crippen molar-refractivity contribution in [3.05, 3.63) is 36.4 Å². The van der Waals surface area contributed by atoms with Crippen LogP contribution < -0.4 is 16.0 Å². The Labute approximate surface area is 104 Å². The van der Waals surface area contributed by atoms with Crippen LogP contribution >= 0.6 is 0 Å². The van der Waals surface area contributed by atoms with Crippen molar-refractivity contribution < 1.29 is 4.79 Å². The number of pyridine rings is 1. The largest absolute Gasteiger partial charge is 0.359 e. The maximum atomic E-state index is 11.5. The monoisotopic (exact) mass is 243 g/mol. The number of hydrogen-bond donors (Lipinski definition) is 4. The molecule has 0 atom stereocenters. The standard InChI is InChI=1S/C12H13N5O/c1-14-11(13)17-12(18)16-10-7-6-8-4-2-3-5-9(8)15-10/h2-7H,1H3,(H4,13,14,15,16,17,18). The van der Waals surface area contributed by atoms with E-state index >= 15 is 0 Å². The van der Waals surface area contributed by atoms with Gasteiger partial charge in [0.05, 0.1) is 5.52 Å². The van der Waals surface area contributed by atoms with Crippen LogP contribution in [0.3, 0.4) is 0 Å². The number of carbonyl (C=O) groups is 1. The highest BCUT2D eigenvalue weighted by molar-refractivity contribution is 6.01. The Balaban J connectivity index is 2.12. The van der Waals surface area contributed by atoms with E-state index in [0.29, 0.717) is 5.82 Å². The van der Waals surface area contributed by atoms with E-state index in [2.05, 4.69) is 20.9 Å². The molecule has 0 spiro atoms. The lowest BCUT2D eigenvalue weighted by Crippen LogP contribution is -2.40. The highest BCUT2D eigenvalue weighted by atomic mass is 16.2. The number of anilines is 1. The molecule has 92 valence electrons. The lowest BCUT2D eigenvalue weighted by Gasteiger charge is -2.07. The van der Waals surface area contributed by atoms with Crippen LogP contribution in [0.4, 0.5) is 10.6 Å². The second kappa shape index (κ2) is 5.13. The third-order valence-electron chi connectivity index (χ3n) is 2.33. The summed E-state index contributed by atoms with van der Waals surface area (Å²) in [4.78, 5) is 15.8. The number of fused-ring (bicyclic) bond motifs is 1. The van der Waals surface area contributed by atoms with Gasteiger partial charge in [-0.1, -0.05) is 18.2 Å². The van der Waals surface area contributed by atoms with Crippen molar-refractivity contribution in [3.63, 3.8) is 0 Å². The molecular formula is C12H13N5O. The van der Waals surface area contributed by atoms with Gasteiger partial charge in [0.15, 0.2) is 5.96 Å². The zero-order valence-corrected chi connectivity index (χ0v) is 9.82. The summed E-state index contributed by atoms with van der Waals surface area (Å²) in [5.74, 6) is 0.364. The number of rotatable bonds is 1. The van der Waals surface area contributed by atoms with Crippen molar-refractivity contribution >= 4 is 28.7 Å². The van der Waals surface area contributed by atoms with Crippen molar-refractivity contribution in [2.24, 2.45) is 0 Å². The van der Waals surface area contributed by atoms with Crippen LogP contribution in [-0.2, 0) is 0 Å². The van der Waals surface area contributed by atoms with Gasteiger partial charge in [0.1, 0.15) is 5.82 Å². The zero-order chi connectivity index (χ0) is 13.0. The molecule has 2 aromatic rings. The number of urea groups is 1. The number of guanidine groups is 1. The molecule has 1 aromatic carbocycles. The molecule has 4 N–H and O–H groups in total. The Morgan fingerprint density at radius 3 is 2.78 bits per heavy atom. The first-order valence-electron chi connectivity index (χ1n) is 5.39. The van der Waals surface area contributed by atoms with Gasteiger partial charge in [0.25, 0.3) is 0 Å². The summed E-state index contributed by atoms with van der Waals surface area (Å²) in [5.41, 5.74) is 0.805. The summed E-state index contributed by atoms with van der Waals surface area (Å²) >= 11 is 0. The van der Waals surface area contributed by atoms with Crippen molar-refractivity contribution in [1.82, 2.24) is 15.6 Å². The van der Waals surface area contributed by atoms with Gasteiger partial charge in [-0.2, -0.15) is 0 Å². The van der Waals surface area contributed by atoms with E-state index in [9.17, 15) is 4.79 Å². The molecule has 18 heavy (non-hydrogen) atoms. The molecule has 0 fully saturated rings. The molecule has 1 heterocycles. The van der Waals surface area contributed by atoms with Crippen molar-refractivity contribution in [2.75, 3.05) is 12.4 Å². The molecule has 1 aromatic heterocycles. The fraction of sp³-hybridized carbons (Fsp3) is 0.0833. The number of nitrogens with zero attached hydrogens (tertiary/aromatic N) is 1. The van der Waals surface area contributed by atoms with Crippen molar-refractivity contribution in [1.29, 1.82) is 5.41 Å². The molecule has 2 amide bonds. The van der Waals surface area contributed by atoms with Crippen LogP contribution in [0.25, 0.3) is 10.9 Å². The van der Waals surface area contributed by atoms with E-state index in [1.54, 1.807) is 13.1 Å². The van der Waals surface area contributed by atoms with Gasteiger partial charge in [0, 0.05) is 12.4 Å². The minimum atomic E-state index is -0.503. The molecule has 0 aliphatic rings. The first-order valence-corrected chi connectivity index (χ1v) is 5.39. The number of carbonyl (C=O) groups excluding carboxylic acids is 1. The van der Waals surface area contributed by atoms with E-state index in [1.165, 1.54) is 0 Å². The molecule has 0 aliphatic carbocycles. The first kappa shape index (κ1) is 11.8. The van der Waals surface area contributed by atoms with Gasteiger partial charge in [0.2, 0.25) is 0 Å². The van der Waals surface area contributed by atoms with Crippen LogP contribution in [0.15, 0.2) is 36.4 Å². The van der Waals surface area contributed by atoms with Gasteiger partial charge in [-0.05, 0) is 18.2 Å². The van der Waals surface area contributed by atoms with Crippen LogP contribution in [-0.4, -0.2) is 24.0 Å². The number of para-hydroxylation sites is 1. The third kappa shape index (κ3) is 2.73. The maximum Gasteiger partial charge on any atom is 0.327 e. The van der Waals surface area contributed by atoms with Gasteiger partial charge in [-0.25, -0.2) is 9.78 Å². The number of aromatic nitrogens is 1. The summed E-state index contributed by atoms with van der Waals surface area (Å²) in [5, 5.41) is 15.6. The third-order valence-corrected chi connectivity index (χ3v) is 2.33.